The second-order valence-corrected chi connectivity index (χ2v) is 6.21. The summed E-state index contributed by atoms with van der Waals surface area (Å²) in [5.41, 5.74) is 2.97. The summed E-state index contributed by atoms with van der Waals surface area (Å²) in [5.74, 6) is -1.12. The highest BCUT2D eigenvalue weighted by Crippen LogP contribution is 2.30. The van der Waals surface area contributed by atoms with Gasteiger partial charge in [0.1, 0.15) is 5.75 Å². The molecule has 30 heavy (non-hydrogen) atoms. The highest BCUT2D eigenvalue weighted by Gasteiger charge is 2.31. The van der Waals surface area contributed by atoms with Crippen molar-refractivity contribution in [2.24, 2.45) is 0 Å². The normalized spacial score (nSPS) is 11.4. The van der Waals surface area contributed by atoms with E-state index in [2.05, 4.69) is 25.0 Å². The van der Waals surface area contributed by atoms with Crippen molar-refractivity contribution in [3.8, 4) is 17.0 Å². The Bertz CT molecular complexity index is 1200. The highest BCUT2D eigenvalue weighted by molar-refractivity contribution is 5.91. The molecule has 0 fully saturated rings. The number of halogens is 3. The number of nitrogens with zero attached hydrogens (tertiary/aromatic N) is 2. The standard InChI is InChI=1S/C20H13F3N4O3/c21-20(22,23)30-14-7-3-11(4-8-14)16-17-15(9-10-24-17)26-19(27-16)25-13-5-1-12(2-6-13)18(28)29/h1-10,24H,(H,28,29)(H,25,26,27). The maximum Gasteiger partial charge on any atom is 0.573 e. The zero-order chi connectivity index (χ0) is 21.3. The van der Waals surface area contributed by atoms with E-state index in [1.807, 2.05) is 0 Å². The smallest absolute Gasteiger partial charge is 0.478 e. The molecule has 0 amide bonds. The van der Waals surface area contributed by atoms with E-state index in [1.165, 1.54) is 36.4 Å². The Balaban J connectivity index is 1.67. The fourth-order valence-electron chi connectivity index (χ4n) is 2.85. The van der Waals surface area contributed by atoms with Crippen molar-refractivity contribution >= 4 is 28.6 Å². The van der Waals surface area contributed by atoms with Crippen molar-refractivity contribution in [2.45, 2.75) is 6.36 Å². The van der Waals surface area contributed by atoms with Gasteiger partial charge in [-0.3, -0.25) is 0 Å². The van der Waals surface area contributed by atoms with Crippen LogP contribution in [0.3, 0.4) is 0 Å². The fraction of sp³-hybridized carbons (Fsp3) is 0.0500. The van der Waals surface area contributed by atoms with Crippen molar-refractivity contribution in [2.75, 3.05) is 5.32 Å². The summed E-state index contributed by atoms with van der Waals surface area (Å²) in [6, 6.07) is 13.1. The minimum Gasteiger partial charge on any atom is -0.478 e. The number of carboxylic acid groups (broad SMARTS) is 1. The van der Waals surface area contributed by atoms with Gasteiger partial charge in [0.25, 0.3) is 0 Å². The topological polar surface area (TPSA) is 100 Å². The third kappa shape index (κ3) is 4.17. The Morgan fingerprint density at radius 1 is 1.00 bits per heavy atom. The van der Waals surface area contributed by atoms with Crippen molar-refractivity contribution in [3.05, 3.63) is 66.4 Å². The minimum atomic E-state index is -4.77. The first kappa shape index (κ1) is 19.2. The van der Waals surface area contributed by atoms with E-state index in [0.717, 1.165) is 0 Å². The van der Waals surface area contributed by atoms with E-state index >= 15 is 0 Å². The van der Waals surface area contributed by atoms with Crippen LogP contribution in [0.15, 0.2) is 60.8 Å². The number of aromatic carboxylic acids is 1. The predicted octanol–water partition coefficient (Wildman–Crippen LogP) is 4.97. The predicted molar refractivity (Wildman–Crippen MR) is 103 cm³/mol. The largest absolute Gasteiger partial charge is 0.573 e. The quantitative estimate of drug-likeness (QED) is 0.427. The van der Waals surface area contributed by atoms with Crippen LogP contribution in [0.1, 0.15) is 10.4 Å². The molecule has 0 unspecified atom stereocenters. The number of carbonyl (C=O) groups is 1. The first-order valence-corrected chi connectivity index (χ1v) is 8.60. The number of anilines is 2. The summed E-state index contributed by atoms with van der Waals surface area (Å²) in [6.45, 7) is 0. The van der Waals surface area contributed by atoms with E-state index in [0.29, 0.717) is 28.0 Å². The van der Waals surface area contributed by atoms with Gasteiger partial charge in [-0.05, 0) is 54.6 Å². The summed E-state index contributed by atoms with van der Waals surface area (Å²) in [5, 5.41) is 12.0. The van der Waals surface area contributed by atoms with E-state index in [9.17, 15) is 18.0 Å². The Kier molecular flexibility index (Phi) is 4.74. The minimum absolute atomic E-state index is 0.143. The highest BCUT2D eigenvalue weighted by atomic mass is 19.4. The van der Waals surface area contributed by atoms with E-state index in [4.69, 9.17) is 5.11 Å². The Labute approximate surface area is 167 Å². The molecule has 0 radical (unpaired) electrons. The van der Waals surface area contributed by atoms with Crippen LogP contribution >= 0.6 is 0 Å². The molecule has 0 atom stereocenters. The number of benzene rings is 2. The molecule has 4 rings (SSSR count). The van der Waals surface area contributed by atoms with Crippen LogP contribution in [0.4, 0.5) is 24.8 Å². The van der Waals surface area contributed by atoms with E-state index < -0.39 is 12.3 Å². The zero-order valence-corrected chi connectivity index (χ0v) is 15.1. The average molecular weight is 414 g/mol. The SMILES string of the molecule is O=C(O)c1ccc(Nc2nc(-c3ccc(OC(F)(F)F)cc3)c3[nH]ccc3n2)cc1. The van der Waals surface area contributed by atoms with Gasteiger partial charge in [-0.25, -0.2) is 14.8 Å². The van der Waals surface area contributed by atoms with Gasteiger partial charge in [0.15, 0.2) is 0 Å². The zero-order valence-electron chi connectivity index (χ0n) is 15.1. The third-order valence-corrected chi connectivity index (χ3v) is 4.16. The molecule has 0 aliphatic heterocycles. The van der Waals surface area contributed by atoms with Crippen LogP contribution in [0.2, 0.25) is 0 Å². The number of rotatable bonds is 5. The lowest BCUT2D eigenvalue weighted by Crippen LogP contribution is -2.16. The van der Waals surface area contributed by atoms with Crippen molar-refractivity contribution in [3.63, 3.8) is 0 Å². The molecule has 152 valence electrons. The number of fused-ring (bicyclic) bond motifs is 1. The molecule has 10 heteroatoms. The summed E-state index contributed by atoms with van der Waals surface area (Å²) >= 11 is 0. The van der Waals surface area contributed by atoms with Crippen LogP contribution in [0.5, 0.6) is 5.75 Å². The molecule has 0 bridgehead atoms. The van der Waals surface area contributed by atoms with Crippen molar-refractivity contribution in [1.82, 2.24) is 15.0 Å². The number of ether oxygens (including phenoxy) is 1. The van der Waals surface area contributed by atoms with E-state index in [1.54, 1.807) is 24.4 Å². The molecule has 7 nitrogen and oxygen atoms in total. The number of hydrogen-bond donors (Lipinski definition) is 3. The molecule has 0 saturated carbocycles. The molecular weight excluding hydrogens is 401 g/mol. The summed E-state index contributed by atoms with van der Waals surface area (Å²) in [4.78, 5) is 22.9. The number of carboxylic acids is 1. The van der Waals surface area contributed by atoms with Crippen LogP contribution in [0, 0.1) is 0 Å². The maximum atomic E-state index is 12.4. The molecule has 0 saturated heterocycles. The first-order chi connectivity index (χ1) is 14.3. The first-order valence-electron chi connectivity index (χ1n) is 8.60. The lowest BCUT2D eigenvalue weighted by atomic mass is 10.1. The number of aromatic nitrogens is 3. The number of H-pyrrole nitrogens is 1. The number of aromatic amines is 1. The number of alkyl halides is 3. The third-order valence-electron chi connectivity index (χ3n) is 4.16. The summed E-state index contributed by atoms with van der Waals surface area (Å²) < 4.78 is 41.0. The lowest BCUT2D eigenvalue weighted by Gasteiger charge is -2.11. The van der Waals surface area contributed by atoms with Gasteiger partial charge in [-0.15, -0.1) is 13.2 Å². The fourth-order valence-corrected chi connectivity index (χ4v) is 2.85. The second kappa shape index (κ2) is 7.39. The Morgan fingerprint density at radius 2 is 1.70 bits per heavy atom. The van der Waals surface area contributed by atoms with Crippen LogP contribution in [-0.2, 0) is 0 Å². The summed E-state index contributed by atoms with van der Waals surface area (Å²) in [6.07, 6.45) is -3.09. The van der Waals surface area contributed by atoms with Gasteiger partial charge < -0.3 is 20.1 Å². The van der Waals surface area contributed by atoms with Gasteiger partial charge in [-0.1, -0.05) is 0 Å². The van der Waals surface area contributed by atoms with Crippen molar-refractivity contribution in [1.29, 1.82) is 0 Å². The van der Waals surface area contributed by atoms with Crippen LogP contribution in [0.25, 0.3) is 22.3 Å². The number of nitrogens with one attached hydrogen (secondary N) is 2. The molecule has 2 aromatic heterocycles. The van der Waals surface area contributed by atoms with Gasteiger partial charge in [-0.2, -0.15) is 0 Å². The molecule has 2 heterocycles. The number of hydrogen-bond acceptors (Lipinski definition) is 5. The second-order valence-electron chi connectivity index (χ2n) is 6.21. The maximum absolute atomic E-state index is 12.4. The molecule has 0 spiro atoms. The molecule has 4 aromatic rings. The van der Waals surface area contributed by atoms with Gasteiger partial charge >= 0.3 is 12.3 Å². The van der Waals surface area contributed by atoms with Crippen molar-refractivity contribution < 1.29 is 27.8 Å². The van der Waals surface area contributed by atoms with Gasteiger partial charge in [0.05, 0.1) is 22.3 Å². The lowest BCUT2D eigenvalue weighted by molar-refractivity contribution is -0.274. The van der Waals surface area contributed by atoms with Crippen LogP contribution in [-0.4, -0.2) is 32.4 Å². The summed E-state index contributed by atoms with van der Waals surface area (Å²) in [7, 11) is 0. The van der Waals surface area contributed by atoms with Gasteiger partial charge in [0, 0.05) is 17.4 Å². The monoisotopic (exact) mass is 414 g/mol. The van der Waals surface area contributed by atoms with Gasteiger partial charge in [0.2, 0.25) is 5.95 Å². The molecule has 0 aliphatic carbocycles. The van der Waals surface area contributed by atoms with E-state index in [-0.39, 0.29) is 17.3 Å². The molecule has 3 N–H and O–H groups in total. The molecule has 2 aromatic carbocycles. The Morgan fingerprint density at radius 3 is 2.33 bits per heavy atom. The average Bonchev–Trinajstić information content (AvgIpc) is 3.16. The van der Waals surface area contributed by atoms with Crippen LogP contribution < -0.4 is 10.1 Å². The molecular formula is C20H13F3N4O3. The molecule has 0 aliphatic rings. The Hall–Kier alpha value is -4.08.